The van der Waals surface area contributed by atoms with Gasteiger partial charge in [-0.2, -0.15) is 0 Å². The molecule has 0 aliphatic heterocycles. The summed E-state index contributed by atoms with van der Waals surface area (Å²) in [6, 6.07) is 3.86. The van der Waals surface area contributed by atoms with Gasteiger partial charge < -0.3 is 20.5 Å². The number of nitrogens with two attached hydrogens (primary N) is 1. The van der Waals surface area contributed by atoms with Gasteiger partial charge in [-0.25, -0.2) is 0 Å². The molecule has 1 aromatic carbocycles. The molecule has 0 aromatic heterocycles. The van der Waals surface area contributed by atoms with Gasteiger partial charge in [0, 0.05) is 18.5 Å². The van der Waals surface area contributed by atoms with E-state index in [-0.39, 0.29) is 18.3 Å². The highest BCUT2D eigenvalue weighted by molar-refractivity contribution is 5.85. The van der Waals surface area contributed by atoms with Crippen LogP contribution >= 0.6 is 12.4 Å². The van der Waals surface area contributed by atoms with E-state index in [0.717, 1.165) is 11.1 Å². The molecule has 1 rings (SSSR count). The number of hydrogen-bond donors (Lipinski definition) is 2. The van der Waals surface area contributed by atoms with Gasteiger partial charge in [0.25, 0.3) is 0 Å². The molecule has 1 amide bonds. The highest BCUT2D eigenvalue weighted by Gasteiger charge is 2.12. The topological polar surface area (TPSA) is 73.6 Å². The molecule has 0 atom stereocenters. The van der Waals surface area contributed by atoms with E-state index in [9.17, 15) is 4.79 Å². The van der Waals surface area contributed by atoms with Gasteiger partial charge in [-0.3, -0.25) is 4.79 Å². The summed E-state index contributed by atoms with van der Waals surface area (Å²) in [5.74, 6) is 1.36. The zero-order valence-corrected chi connectivity index (χ0v) is 14.0. The predicted molar refractivity (Wildman–Crippen MR) is 90.8 cm³/mol. The minimum atomic E-state index is 0. The quantitative estimate of drug-likeness (QED) is 0.682. The zero-order chi connectivity index (χ0) is 15.7. The minimum absolute atomic E-state index is 0. The highest BCUT2D eigenvalue weighted by atomic mass is 35.5. The van der Waals surface area contributed by atoms with Crippen LogP contribution in [0.15, 0.2) is 24.8 Å². The fourth-order valence-corrected chi connectivity index (χ4v) is 2.07. The summed E-state index contributed by atoms with van der Waals surface area (Å²) in [7, 11) is 3.21. The average Bonchev–Trinajstić information content (AvgIpc) is 2.50. The molecular weight excluding hydrogens is 304 g/mol. The van der Waals surface area contributed by atoms with Crippen molar-refractivity contribution in [3.63, 3.8) is 0 Å². The van der Waals surface area contributed by atoms with E-state index < -0.39 is 0 Å². The maximum absolute atomic E-state index is 11.6. The first-order valence-corrected chi connectivity index (χ1v) is 6.97. The third-order valence-electron chi connectivity index (χ3n) is 3.08. The number of carbonyl (C=O) groups is 1. The number of nitrogens with one attached hydrogen (secondary N) is 1. The fraction of sp³-hybridized carbons (Fsp3) is 0.438. The van der Waals surface area contributed by atoms with Crippen molar-refractivity contribution < 1.29 is 14.3 Å². The Labute approximate surface area is 138 Å². The molecular formula is C16H25ClN2O3. The van der Waals surface area contributed by atoms with Crippen LogP contribution in [0.2, 0.25) is 0 Å². The number of allylic oxidation sites excluding steroid dienone is 1. The predicted octanol–water partition coefficient (Wildman–Crippen LogP) is 2.21. The zero-order valence-electron chi connectivity index (χ0n) is 13.2. The molecule has 0 radical (unpaired) electrons. The molecule has 0 fully saturated rings. The van der Waals surface area contributed by atoms with Crippen LogP contribution in [-0.2, 0) is 17.8 Å². The van der Waals surface area contributed by atoms with Crippen molar-refractivity contribution in [2.45, 2.75) is 25.8 Å². The van der Waals surface area contributed by atoms with Crippen LogP contribution in [0.25, 0.3) is 0 Å². The van der Waals surface area contributed by atoms with Gasteiger partial charge in [-0.1, -0.05) is 6.08 Å². The van der Waals surface area contributed by atoms with E-state index >= 15 is 0 Å². The van der Waals surface area contributed by atoms with Gasteiger partial charge >= 0.3 is 0 Å². The standard InChI is InChI=1S/C16H24N2O3.ClH/c1-4-6-13-9-12(10-14(20-2)16(13)21-3)11-18-15(19)7-5-8-17;/h4,9-10H,1,5-8,11,17H2,2-3H3,(H,18,19);1H. The van der Waals surface area contributed by atoms with E-state index in [1.807, 2.05) is 12.1 Å². The van der Waals surface area contributed by atoms with E-state index in [0.29, 0.717) is 43.9 Å². The van der Waals surface area contributed by atoms with Crippen molar-refractivity contribution in [3.05, 3.63) is 35.9 Å². The Hall–Kier alpha value is -1.72. The number of methoxy groups -OCH3 is 2. The van der Waals surface area contributed by atoms with Crippen molar-refractivity contribution in [2.75, 3.05) is 20.8 Å². The molecule has 1 aromatic rings. The molecule has 0 heterocycles. The Morgan fingerprint density at radius 1 is 1.36 bits per heavy atom. The summed E-state index contributed by atoms with van der Waals surface area (Å²) in [5.41, 5.74) is 7.34. The van der Waals surface area contributed by atoms with Gasteiger partial charge in [0.15, 0.2) is 11.5 Å². The first kappa shape index (κ1) is 20.3. The minimum Gasteiger partial charge on any atom is -0.493 e. The molecule has 3 N–H and O–H groups in total. The smallest absolute Gasteiger partial charge is 0.220 e. The van der Waals surface area contributed by atoms with Crippen molar-refractivity contribution in [2.24, 2.45) is 5.73 Å². The normalized spacial score (nSPS) is 9.59. The Balaban J connectivity index is 0.00000441. The second kappa shape index (κ2) is 10.9. The number of benzene rings is 1. The average molecular weight is 329 g/mol. The number of halogens is 1. The molecule has 5 nitrogen and oxygen atoms in total. The molecule has 0 saturated heterocycles. The maximum Gasteiger partial charge on any atom is 0.220 e. The van der Waals surface area contributed by atoms with Gasteiger partial charge in [0.1, 0.15) is 0 Å². The van der Waals surface area contributed by atoms with Crippen LogP contribution in [-0.4, -0.2) is 26.7 Å². The second-order valence-electron chi connectivity index (χ2n) is 4.65. The Morgan fingerprint density at radius 2 is 2.09 bits per heavy atom. The lowest BCUT2D eigenvalue weighted by Gasteiger charge is -2.14. The van der Waals surface area contributed by atoms with E-state index in [1.165, 1.54) is 0 Å². The van der Waals surface area contributed by atoms with Crippen LogP contribution in [0.5, 0.6) is 11.5 Å². The molecule has 0 aliphatic rings. The lowest BCUT2D eigenvalue weighted by atomic mass is 10.1. The summed E-state index contributed by atoms with van der Waals surface area (Å²) in [5, 5.41) is 2.88. The SMILES string of the molecule is C=CCc1cc(CNC(=O)CCCN)cc(OC)c1OC.Cl. The maximum atomic E-state index is 11.6. The third-order valence-corrected chi connectivity index (χ3v) is 3.08. The lowest BCUT2D eigenvalue weighted by Crippen LogP contribution is -2.23. The molecule has 6 heteroatoms. The first-order valence-electron chi connectivity index (χ1n) is 6.97. The largest absolute Gasteiger partial charge is 0.493 e. The fourth-order valence-electron chi connectivity index (χ4n) is 2.07. The number of amides is 1. The lowest BCUT2D eigenvalue weighted by molar-refractivity contribution is -0.121. The van der Waals surface area contributed by atoms with Crippen molar-refractivity contribution in [1.29, 1.82) is 0 Å². The van der Waals surface area contributed by atoms with Gasteiger partial charge in [0.2, 0.25) is 5.91 Å². The monoisotopic (exact) mass is 328 g/mol. The molecule has 124 valence electrons. The third kappa shape index (κ3) is 5.95. The first-order chi connectivity index (χ1) is 10.2. The second-order valence-corrected chi connectivity index (χ2v) is 4.65. The summed E-state index contributed by atoms with van der Waals surface area (Å²) < 4.78 is 10.7. The number of rotatable bonds is 9. The van der Waals surface area contributed by atoms with Gasteiger partial charge in [0.05, 0.1) is 14.2 Å². The molecule has 0 spiro atoms. The number of ether oxygens (including phenoxy) is 2. The molecule has 22 heavy (non-hydrogen) atoms. The Kier molecular flexibility index (Phi) is 10.1. The molecule has 0 bridgehead atoms. The molecule has 0 aliphatic carbocycles. The van der Waals surface area contributed by atoms with E-state index in [1.54, 1.807) is 20.3 Å². The van der Waals surface area contributed by atoms with E-state index in [4.69, 9.17) is 15.2 Å². The van der Waals surface area contributed by atoms with Crippen LogP contribution in [0.1, 0.15) is 24.0 Å². The van der Waals surface area contributed by atoms with Crippen molar-refractivity contribution in [1.82, 2.24) is 5.32 Å². The molecule has 0 saturated carbocycles. The van der Waals surface area contributed by atoms with Crippen LogP contribution in [0.4, 0.5) is 0 Å². The Morgan fingerprint density at radius 3 is 2.64 bits per heavy atom. The van der Waals surface area contributed by atoms with Crippen LogP contribution in [0.3, 0.4) is 0 Å². The van der Waals surface area contributed by atoms with Crippen LogP contribution in [0, 0.1) is 0 Å². The number of carbonyl (C=O) groups excluding carboxylic acids is 1. The van der Waals surface area contributed by atoms with E-state index in [2.05, 4.69) is 11.9 Å². The van der Waals surface area contributed by atoms with Crippen molar-refractivity contribution >= 4 is 18.3 Å². The summed E-state index contributed by atoms with van der Waals surface area (Å²) >= 11 is 0. The van der Waals surface area contributed by atoms with Crippen molar-refractivity contribution in [3.8, 4) is 11.5 Å². The van der Waals surface area contributed by atoms with Gasteiger partial charge in [-0.15, -0.1) is 19.0 Å². The highest BCUT2D eigenvalue weighted by Crippen LogP contribution is 2.33. The van der Waals surface area contributed by atoms with Gasteiger partial charge in [-0.05, 0) is 37.1 Å². The Bertz CT molecular complexity index is 493. The van der Waals surface area contributed by atoms with Crippen LogP contribution < -0.4 is 20.5 Å². The summed E-state index contributed by atoms with van der Waals surface area (Å²) in [6.45, 7) is 4.72. The summed E-state index contributed by atoms with van der Waals surface area (Å²) in [4.78, 5) is 11.6. The molecule has 0 unspecified atom stereocenters. The summed E-state index contributed by atoms with van der Waals surface area (Å²) in [6.07, 6.45) is 3.62. The number of hydrogen-bond acceptors (Lipinski definition) is 4.